The van der Waals surface area contributed by atoms with Crippen molar-refractivity contribution >= 4 is 0 Å². The Morgan fingerprint density at radius 2 is 1.86 bits per heavy atom. The lowest BCUT2D eigenvalue weighted by atomic mass is 9.94. The number of aliphatic hydroxyl groups excluding tert-OH is 1. The number of rotatable bonds is 3. The van der Waals surface area contributed by atoms with Crippen molar-refractivity contribution in [3.05, 3.63) is 29.8 Å². The van der Waals surface area contributed by atoms with Gasteiger partial charge in [0, 0.05) is 5.56 Å². The summed E-state index contributed by atoms with van der Waals surface area (Å²) in [6, 6.07) is 7.11. The SMILES string of the molecule is COc1ccccc1C(O)C(C)(C)O. The molecule has 0 fully saturated rings. The molecular formula is C11H16O3. The second-order valence-corrected chi connectivity index (χ2v) is 3.80. The van der Waals surface area contributed by atoms with Crippen LogP contribution in [0, 0.1) is 0 Å². The Morgan fingerprint density at radius 3 is 2.36 bits per heavy atom. The molecule has 1 aromatic rings. The van der Waals surface area contributed by atoms with Gasteiger partial charge in [0.2, 0.25) is 0 Å². The molecule has 0 saturated carbocycles. The molecule has 0 aliphatic rings. The van der Waals surface area contributed by atoms with Crippen LogP contribution < -0.4 is 4.74 Å². The zero-order valence-corrected chi connectivity index (χ0v) is 8.69. The summed E-state index contributed by atoms with van der Waals surface area (Å²) in [7, 11) is 1.54. The van der Waals surface area contributed by atoms with Crippen molar-refractivity contribution in [1.29, 1.82) is 0 Å². The Balaban J connectivity index is 3.06. The van der Waals surface area contributed by atoms with E-state index in [4.69, 9.17) is 4.74 Å². The first-order valence-electron chi connectivity index (χ1n) is 4.50. The van der Waals surface area contributed by atoms with E-state index in [2.05, 4.69) is 0 Å². The van der Waals surface area contributed by atoms with Gasteiger partial charge in [0.15, 0.2) is 0 Å². The third kappa shape index (κ3) is 2.25. The molecule has 1 aromatic carbocycles. The molecule has 0 saturated heterocycles. The summed E-state index contributed by atoms with van der Waals surface area (Å²) >= 11 is 0. The fourth-order valence-electron chi connectivity index (χ4n) is 1.27. The molecule has 3 heteroatoms. The largest absolute Gasteiger partial charge is 0.496 e. The van der Waals surface area contributed by atoms with Crippen LogP contribution in [0.1, 0.15) is 25.5 Å². The van der Waals surface area contributed by atoms with Gasteiger partial charge in [-0.15, -0.1) is 0 Å². The fraction of sp³-hybridized carbons (Fsp3) is 0.455. The molecule has 0 heterocycles. The van der Waals surface area contributed by atoms with Gasteiger partial charge in [0.05, 0.1) is 12.7 Å². The number of methoxy groups -OCH3 is 1. The number of ether oxygens (including phenoxy) is 1. The minimum Gasteiger partial charge on any atom is -0.496 e. The summed E-state index contributed by atoms with van der Waals surface area (Å²) in [5, 5.41) is 19.5. The van der Waals surface area contributed by atoms with Crippen LogP contribution in [0.2, 0.25) is 0 Å². The van der Waals surface area contributed by atoms with Gasteiger partial charge in [-0.05, 0) is 19.9 Å². The Bertz CT molecular complexity index is 302. The lowest BCUT2D eigenvalue weighted by molar-refractivity contribution is -0.0506. The Labute approximate surface area is 84.0 Å². The molecule has 0 spiro atoms. The van der Waals surface area contributed by atoms with E-state index in [-0.39, 0.29) is 0 Å². The fourth-order valence-corrected chi connectivity index (χ4v) is 1.27. The van der Waals surface area contributed by atoms with Crippen LogP contribution in [0.15, 0.2) is 24.3 Å². The van der Waals surface area contributed by atoms with Gasteiger partial charge in [-0.1, -0.05) is 18.2 Å². The summed E-state index contributed by atoms with van der Waals surface area (Å²) in [5.74, 6) is 0.585. The average molecular weight is 196 g/mol. The number of para-hydroxylation sites is 1. The molecule has 1 atom stereocenters. The molecule has 0 aliphatic heterocycles. The third-order valence-corrected chi connectivity index (χ3v) is 2.10. The zero-order valence-electron chi connectivity index (χ0n) is 8.69. The molecule has 3 nitrogen and oxygen atoms in total. The lowest BCUT2D eigenvalue weighted by Crippen LogP contribution is -2.28. The second kappa shape index (κ2) is 3.98. The van der Waals surface area contributed by atoms with Gasteiger partial charge in [0.25, 0.3) is 0 Å². The van der Waals surface area contributed by atoms with Gasteiger partial charge >= 0.3 is 0 Å². The highest BCUT2D eigenvalue weighted by molar-refractivity contribution is 5.36. The van der Waals surface area contributed by atoms with E-state index in [0.717, 1.165) is 0 Å². The molecule has 14 heavy (non-hydrogen) atoms. The van der Waals surface area contributed by atoms with E-state index in [1.807, 2.05) is 6.07 Å². The van der Waals surface area contributed by atoms with E-state index in [1.54, 1.807) is 32.0 Å². The van der Waals surface area contributed by atoms with Crippen LogP contribution in [-0.2, 0) is 0 Å². The topological polar surface area (TPSA) is 49.7 Å². The molecule has 0 radical (unpaired) electrons. The van der Waals surface area contributed by atoms with Crippen LogP contribution in [0.5, 0.6) is 5.75 Å². The van der Waals surface area contributed by atoms with Crippen molar-refractivity contribution in [2.75, 3.05) is 7.11 Å². The number of hydrogen-bond acceptors (Lipinski definition) is 3. The van der Waals surface area contributed by atoms with Gasteiger partial charge < -0.3 is 14.9 Å². The molecule has 0 aliphatic carbocycles. The van der Waals surface area contributed by atoms with Crippen molar-refractivity contribution in [3.8, 4) is 5.75 Å². The molecule has 0 bridgehead atoms. The standard InChI is InChI=1S/C11H16O3/c1-11(2,13)10(12)8-6-4-5-7-9(8)14-3/h4-7,10,12-13H,1-3H3. The number of benzene rings is 1. The number of aliphatic hydroxyl groups is 2. The predicted octanol–water partition coefficient (Wildman–Crippen LogP) is 1.50. The maximum absolute atomic E-state index is 9.84. The Kier molecular flexibility index (Phi) is 3.13. The van der Waals surface area contributed by atoms with Crippen LogP contribution >= 0.6 is 0 Å². The Hall–Kier alpha value is -1.06. The smallest absolute Gasteiger partial charge is 0.124 e. The first kappa shape index (κ1) is 11.0. The second-order valence-electron chi connectivity index (χ2n) is 3.80. The molecule has 78 valence electrons. The zero-order chi connectivity index (χ0) is 10.8. The summed E-state index contributed by atoms with van der Waals surface area (Å²) in [5.41, 5.74) is -0.572. The molecule has 0 aromatic heterocycles. The summed E-state index contributed by atoms with van der Waals surface area (Å²) in [6.45, 7) is 3.12. The highest BCUT2D eigenvalue weighted by atomic mass is 16.5. The van der Waals surface area contributed by atoms with Crippen molar-refractivity contribution in [2.45, 2.75) is 25.6 Å². The molecular weight excluding hydrogens is 180 g/mol. The van der Waals surface area contributed by atoms with Crippen molar-refractivity contribution in [1.82, 2.24) is 0 Å². The van der Waals surface area contributed by atoms with Crippen LogP contribution in [0.25, 0.3) is 0 Å². The molecule has 2 N–H and O–H groups in total. The van der Waals surface area contributed by atoms with E-state index >= 15 is 0 Å². The maximum atomic E-state index is 9.84. The lowest BCUT2D eigenvalue weighted by Gasteiger charge is -2.25. The van der Waals surface area contributed by atoms with E-state index in [9.17, 15) is 10.2 Å². The van der Waals surface area contributed by atoms with Crippen molar-refractivity contribution in [3.63, 3.8) is 0 Å². The Morgan fingerprint density at radius 1 is 1.29 bits per heavy atom. The van der Waals surface area contributed by atoms with Crippen LogP contribution in [0.4, 0.5) is 0 Å². The molecule has 0 amide bonds. The monoisotopic (exact) mass is 196 g/mol. The van der Waals surface area contributed by atoms with Crippen LogP contribution in [-0.4, -0.2) is 22.9 Å². The van der Waals surface area contributed by atoms with Crippen LogP contribution in [0.3, 0.4) is 0 Å². The highest BCUT2D eigenvalue weighted by Gasteiger charge is 2.28. The van der Waals surface area contributed by atoms with E-state index in [1.165, 1.54) is 7.11 Å². The molecule has 1 unspecified atom stereocenters. The molecule has 1 rings (SSSR count). The summed E-state index contributed by atoms with van der Waals surface area (Å²) < 4.78 is 5.09. The minimum atomic E-state index is -1.17. The van der Waals surface area contributed by atoms with Gasteiger partial charge in [0.1, 0.15) is 11.9 Å². The third-order valence-electron chi connectivity index (χ3n) is 2.10. The first-order valence-corrected chi connectivity index (χ1v) is 4.50. The predicted molar refractivity (Wildman–Crippen MR) is 54.3 cm³/mol. The van der Waals surface area contributed by atoms with Gasteiger partial charge in [-0.25, -0.2) is 0 Å². The number of hydrogen-bond donors (Lipinski definition) is 2. The maximum Gasteiger partial charge on any atom is 0.124 e. The van der Waals surface area contributed by atoms with Gasteiger partial charge in [-0.3, -0.25) is 0 Å². The quantitative estimate of drug-likeness (QED) is 0.770. The highest BCUT2D eigenvalue weighted by Crippen LogP contribution is 2.31. The van der Waals surface area contributed by atoms with Gasteiger partial charge in [-0.2, -0.15) is 0 Å². The van der Waals surface area contributed by atoms with E-state index in [0.29, 0.717) is 11.3 Å². The summed E-state index contributed by atoms with van der Waals surface area (Å²) in [4.78, 5) is 0. The summed E-state index contributed by atoms with van der Waals surface area (Å²) in [6.07, 6.45) is -0.946. The van der Waals surface area contributed by atoms with Crippen molar-refractivity contribution < 1.29 is 14.9 Å². The average Bonchev–Trinajstić information content (AvgIpc) is 2.15. The normalized spacial score (nSPS) is 13.8. The minimum absolute atomic E-state index is 0.585. The van der Waals surface area contributed by atoms with Crippen molar-refractivity contribution in [2.24, 2.45) is 0 Å². The first-order chi connectivity index (χ1) is 6.46. The van der Waals surface area contributed by atoms with E-state index < -0.39 is 11.7 Å².